The highest BCUT2D eigenvalue weighted by molar-refractivity contribution is 5.75. The maximum Gasteiger partial charge on any atom is 0.237 e. The van der Waals surface area contributed by atoms with Crippen molar-refractivity contribution in [2.45, 2.75) is 6.42 Å². The van der Waals surface area contributed by atoms with Crippen molar-refractivity contribution in [3.63, 3.8) is 0 Å². The second-order valence-electron chi connectivity index (χ2n) is 2.72. The van der Waals surface area contributed by atoms with Gasteiger partial charge in [-0.15, -0.1) is 0 Å². The Kier molecular flexibility index (Phi) is 3.99. The molecule has 4 nitrogen and oxygen atoms in total. The molecule has 0 aliphatic carbocycles. The summed E-state index contributed by atoms with van der Waals surface area (Å²) in [4.78, 5) is 10.7. The number of benzene rings is 1. The second kappa shape index (κ2) is 5.26. The van der Waals surface area contributed by atoms with Gasteiger partial charge in [-0.1, -0.05) is 6.07 Å². The van der Waals surface area contributed by atoms with Crippen LogP contribution in [0.3, 0.4) is 0 Å². The molecule has 6 heteroatoms. The fourth-order valence-corrected chi connectivity index (χ4v) is 0.921. The Labute approximate surface area is 85.0 Å². The molecule has 0 unspecified atom stereocenters. The number of hydrogen-bond acceptors (Lipinski definition) is 3. The Morgan fingerprint density at radius 2 is 2.20 bits per heavy atom. The predicted octanol–water partition coefficient (Wildman–Crippen LogP) is 0.724. The third-order valence-electron chi connectivity index (χ3n) is 1.66. The maximum absolute atomic E-state index is 13.0. The minimum Gasteiger partial charge on any atom is -0.490 e. The monoisotopic (exact) mass is 216 g/mol. The Bertz CT molecular complexity index is 358. The lowest BCUT2D eigenvalue weighted by Crippen LogP contribution is -2.31. The quantitative estimate of drug-likeness (QED) is 0.443. The first-order valence-electron chi connectivity index (χ1n) is 4.21. The predicted molar refractivity (Wildman–Crippen MR) is 48.8 cm³/mol. The molecule has 0 spiro atoms. The van der Waals surface area contributed by atoms with Crippen molar-refractivity contribution in [1.82, 2.24) is 5.43 Å². The molecule has 0 fully saturated rings. The zero-order valence-electron chi connectivity index (χ0n) is 7.80. The lowest BCUT2D eigenvalue weighted by atomic mass is 10.3. The first-order chi connectivity index (χ1) is 7.15. The Morgan fingerprint density at radius 3 is 2.87 bits per heavy atom. The van der Waals surface area contributed by atoms with Gasteiger partial charge in [-0.05, 0) is 12.1 Å². The minimum atomic E-state index is -1.06. The van der Waals surface area contributed by atoms with Crippen molar-refractivity contribution < 1.29 is 18.3 Å². The summed E-state index contributed by atoms with van der Waals surface area (Å²) in [6.45, 7) is -0.0661. The molecule has 0 radical (unpaired) electrons. The molecule has 15 heavy (non-hydrogen) atoms. The van der Waals surface area contributed by atoms with Crippen LogP contribution in [0.2, 0.25) is 0 Å². The van der Waals surface area contributed by atoms with E-state index in [0.29, 0.717) is 0 Å². The van der Waals surface area contributed by atoms with Gasteiger partial charge in [0.05, 0.1) is 13.0 Å². The van der Waals surface area contributed by atoms with E-state index in [0.717, 1.165) is 6.07 Å². The summed E-state index contributed by atoms with van der Waals surface area (Å²) in [5, 5.41) is 0. The molecule has 0 aromatic heterocycles. The average molecular weight is 216 g/mol. The molecule has 1 rings (SSSR count). The van der Waals surface area contributed by atoms with E-state index in [-0.39, 0.29) is 18.8 Å². The molecule has 1 aromatic carbocycles. The first kappa shape index (κ1) is 11.4. The Morgan fingerprint density at radius 1 is 1.47 bits per heavy atom. The van der Waals surface area contributed by atoms with Crippen LogP contribution in [0.4, 0.5) is 8.78 Å². The maximum atomic E-state index is 13.0. The SMILES string of the molecule is NNC(=O)CCOc1cccc(F)c1F. The number of hydrazine groups is 1. The van der Waals surface area contributed by atoms with Crippen LogP contribution < -0.4 is 16.0 Å². The minimum absolute atomic E-state index is 0.0214. The number of ether oxygens (including phenoxy) is 1. The van der Waals surface area contributed by atoms with Crippen LogP contribution in [0.5, 0.6) is 5.75 Å². The second-order valence-corrected chi connectivity index (χ2v) is 2.72. The number of hydrogen-bond donors (Lipinski definition) is 2. The first-order valence-corrected chi connectivity index (χ1v) is 4.21. The molecular weight excluding hydrogens is 206 g/mol. The molecule has 0 aliphatic rings. The topological polar surface area (TPSA) is 64.3 Å². The van der Waals surface area contributed by atoms with Gasteiger partial charge in [0, 0.05) is 0 Å². The van der Waals surface area contributed by atoms with Crippen molar-refractivity contribution in [1.29, 1.82) is 0 Å². The third kappa shape index (κ3) is 3.17. The normalized spacial score (nSPS) is 9.80. The number of nitrogens with one attached hydrogen (secondary N) is 1. The molecule has 1 aromatic rings. The summed E-state index contributed by atoms with van der Waals surface area (Å²) in [5.74, 6) is 2.10. The molecule has 0 saturated heterocycles. The molecular formula is C9H10F2N2O2. The third-order valence-corrected chi connectivity index (χ3v) is 1.66. The Balaban J connectivity index is 2.51. The van der Waals surface area contributed by atoms with E-state index >= 15 is 0 Å². The van der Waals surface area contributed by atoms with E-state index in [1.807, 2.05) is 5.43 Å². The number of amides is 1. The van der Waals surface area contributed by atoms with Crippen LogP contribution in [0, 0.1) is 11.6 Å². The molecule has 1 amide bonds. The molecule has 0 heterocycles. The van der Waals surface area contributed by atoms with E-state index in [4.69, 9.17) is 10.6 Å². The fraction of sp³-hybridized carbons (Fsp3) is 0.222. The molecule has 0 atom stereocenters. The highest BCUT2D eigenvalue weighted by Gasteiger charge is 2.08. The summed E-state index contributed by atoms with van der Waals surface area (Å²) < 4.78 is 30.5. The van der Waals surface area contributed by atoms with Crippen molar-refractivity contribution in [3.8, 4) is 5.75 Å². The number of nitrogens with two attached hydrogens (primary N) is 1. The van der Waals surface area contributed by atoms with Gasteiger partial charge in [0.25, 0.3) is 0 Å². The lowest BCUT2D eigenvalue weighted by Gasteiger charge is -2.06. The zero-order chi connectivity index (χ0) is 11.3. The van der Waals surface area contributed by atoms with Crippen LogP contribution in [0.15, 0.2) is 18.2 Å². The van der Waals surface area contributed by atoms with Gasteiger partial charge >= 0.3 is 0 Å². The smallest absolute Gasteiger partial charge is 0.237 e. The number of carbonyl (C=O) groups is 1. The molecule has 0 bridgehead atoms. The van der Waals surface area contributed by atoms with Crippen molar-refractivity contribution in [2.24, 2.45) is 5.84 Å². The Hall–Kier alpha value is -1.69. The summed E-state index contributed by atoms with van der Waals surface area (Å²) in [5.41, 5.74) is 1.89. The highest BCUT2D eigenvalue weighted by atomic mass is 19.2. The van der Waals surface area contributed by atoms with Gasteiger partial charge in [0.15, 0.2) is 11.6 Å². The van der Waals surface area contributed by atoms with Gasteiger partial charge in [-0.3, -0.25) is 10.2 Å². The summed E-state index contributed by atoms with van der Waals surface area (Å²) in [6.07, 6.45) is -0.0214. The standard InChI is InChI=1S/C9H10F2N2O2/c10-6-2-1-3-7(9(6)11)15-5-4-8(14)13-12/h1-3H,4-5,12H2,(H,13,14). The van der Waals surface area contributed by atoms with Gasteiger partial charge in [0.2, 0.25) is 11.7 Å². The van der Waals surface area contributed by atoms with Crippen molar-refractivity contribution >= 4 is 5.91 Å². The molecule has 0 aliphatic heterocycles. The van der Waals surface area contributed by atoms with Crippen LogP contribution >= 0.6 is 0 Å². The van der Waals surface area contributed by atoms with Crippen LogP contribution in [-0.4, -0.2) is 12.5 Å². The van der Waals surface area contributed by atoms with Crippen LogP contribution in [0.25, 0.3) is 0 Å². The van der Waals surface area contributed by atoms with Crippen molar-refractivity contribution in [2.75, 3.05) is 6.61 Å². The number of carbonyl (C=O) groups excluding carboxylic acids is 1. The summed E-state index contributed by atoms with van der Waals surface area (Å²) >= 11 is 0. The number of halogens is 2. The van der Waals surface area contributed by atoms with E-state index in [2.05, 4.69) is 0 Å². The van der Waals surface area contributed by atoms with Crippen LogP contribution in [-0.2, 0) is 4.79 Å². The van der Waals surface area contributed by atoms with Gasteiger partial charge in [-0.25, -0.2) is 10.2 Å². The summed E-state index contributed by atoms with van der Waals surface area (Å²) in [6, 6.07) is 3.57. The summed E-state index contributed by atoms with van der Waals surface area (Å²) in [7, 11) is 0. The fourth-order valence-electron chi connectivity index (χ4n) is 0.921. The van der Waals surface area contributed by atoms with Gasteiger partial charge < -0.3 is 4.74 Å². The lowest BCUT2D eigenvalue weighted by molar-refractivity contribution is -0.121. The van der Waals surface area contributed by atoms with E-state index < -0.39 is 17.5 Å². The van der Waals surface area contributed by atoms with E-state index in [9.17, 15) is 13.6 Å². The average Bonchev–Trinajstić information content (AvgIpc) is 2.24. The molecule has 82 valence electrons. The van der Waals surface area contributed by atoms with Crippen molar-refractivity contribution in [3.05, 3.63) is 29.8 Å². The van der Waals surface area contributed by atoms with E-state index in [1.165, 1.54) is 12.1 Å². The van der Waals surface area contributed by atoms with E-state index in [1.54, 1.807) is 0 Å². The highest BCUT2D eigenvalue weighted by Crippen LogP contribution is 2.18. The van der Waals surface area contributed by atoms with Gasteiger partial charge in [0.1, 0.15) is 0 Å². The van der Waals surface area contributed by atoms with Crippen LogP contribution in [0.1, 0.15) is 6.42 Å². The largest absolute Gasteiger partial charge is 0.490 e. The molecule has 3 N–H and O–H groups in total. The molecule has 0 saturated carbocycles. The zero-order valence-corrected chi connectivity index (χ0v) is 7.80. The number of rotatable bonds is 4. The van der Waals surface area contributed by atoms with Gasteiger partial charge in [-0.2, -0.15) is 4.39 Å².